The lowest BCUT2D eigenvalue weighted by molar-refractivity contribution is -0.144. The minimum atomic E-state index is -0.704. The van der Waals surface area contributed by atoms with E-state index in [0.717, 1.165) is 25.1 Å². The van der Waals surface area contributed by atoms with Crippen molar-refractivity contribution in [3.63, 3.8) is 0 Å². The van der Waals surface area contributed by atoms with Gasteiger partial charge < -0.3 is 5.11 Å². The van der Waals surface area contributed by atoms with Gasteiger partial charge in [-0.15, -0.1) is 0 Å². The molecule has 2 aliphatic rings. The van der Waals surface area contributed by atoms with Gasteiger partial charge in [0.15, 0.2) is 0 Å². The average Bonchev–Trinajstić information content (AvgIpc) is 2.91. The molecule has 1 aromatic carbocycles. The van der Waals surface area contributed by atoms with Crippen molar-refractivity contribution in [3.8, 4) is 0 Å². The molecule has 1 atom stereocenters. The van der Waals surface area contributed by atoms with E-state index in [0.29, 0.717) is 5.92 Å². The fraction of sp³-hybridized carbons (Fsp3) is 0.562. The molecule has 0 aromatic heterocycles. The van der Waals surface area contributed by atoms with Crippen LogP contribution in [-0.4, -0.2) is 29.1 Å². The number of carbonyl (C=O) groups is 1. The number of aliphatic carboxylic acids is 1. The molecule has 1 heterocycles. The molecule has 0 radical (unpaired) electrons. The van der Waals surface area contributed by atoms with Crippen LogP contribution in [0.2, 0.25) is 0 Å². The van der Waals surface area contributed by atoms with Crippen LogP contribution in [0, 0.1) is 5.92 Å². The topological polar surface area (TPSA) is 40.5 Å². The molecule has 0 bridgehead atoms. The normalized spacial score (nSPS) is 24.3. The Kier molecular flexibility index (Phi) is 3.56. The average molecular weight is 259 g/mol. The van der Waals surface area contributed by atoms with E-state index in [4.69, 9.17) is 0 Å². The van der Waals surface area contributed by atoms with Crippen LogP contribution in [0.3, 0.4) is 0 Å². The Bertz CT molecular complexity index is 466. The lowest BCUT2D eigenvalue weighted by Gasteiger charge is -2.36. The number of fused-ring (bicyclic) bond motifs is 1. The minimum absolute atomic E-state index is 0.439. The van der Waals surface area contributed by atoms with E-state index < -0.39 is 12.0 Å². The Balaban J connectivity index is 1.83. The highest BCUT2D eigenvalue weighted by Gasteiger charge is 2.34. The molecule has 0 saturated heterocycles. The molecule has 1 aromatic rings. The predicted molar refractivity (Wildman–Crippen MR) is 74.1 cm³/mol. The van der Waals surface area contributed by atoms with E-state index in [1.165, 1.54) is 31.2 Å². The zero-order chi connectivity index (χ0) is 13.2. The molecule has 1 aliphatic heterocycles. The van der Waals surface area contributed by atoms with Gasteiger partial charge in [-0.1, -0.05) is 37.1 Å². The van der Waals surface area contributed by atoms with Gasteiger partial charge in [0, 0.05) is 13.1 Å². The Hall–Kier alpha value is -1.35. The van der Waals surface area contributed by atoms with Crippen LogP contribution in [0.5, 0.6) is 0 Å². The van der Waals surface area contributed by atoms with Crippen LogP contribution < -0.4 is 0 Å². The number of hydrogen-bond acceptors (Lipinski definition) is 2. The third-order valence-electron chi connectivity index (χ3n) is 4.58. The van der Waals surface area contributed by atoms with E-state index in [-0.39, 0.29) is 0 Å². The number of nitrogens with zero attached hydrogens (tertiary/aromatic N) is 1. The molecule has 102 valence electrons. The molecule has 0 spiro atoms. The first-order valence-electron chi connectivity index (χ1n) is 7.30. The minimum Gasteiger partial charge on any atom is -0.480 e. The van der Waals surface area contributed by atoms with Crippen molar-refractivity contribution >= 4 is 5.97 Å². The van der Waals surface area contributed by atoms with Crippen LogP contribution in [0.4, 0.5) is 0 Å². The van der Waals surface area contributed by atoms with Gasteiger partial charge in [-0.05, 0) is 36.3 Å². The highest BCUT2D eigenvalue weighted by atomic mass is 16.4. The molecule has 3 nitrogen and oxygen atoms in total. The summed E-state index contributed by atoms with van der Waals surface area (Å²) in [4.78, 5) is 13.8. The summed E-state index contributed by atoms with van der Waals surface area (Å²) in [5.74, 6) is -0.00254. The van der Waals surface area contributed by atoms with Crippen LogP contribution in [-0.2, 0) is 11.2 Å². The van der Waals surface area contributed by atoms with Crippen LogP contribution in [0.25, 0.3) is 0 Å². The van der Waals surface area contributed by atoms with Gasteiger partial charge in [0.2, 0.25) is 0 Å². The van der Waals surface area contributed by atoms with E-state index in [1.54, 1.807) is 0 Å². The zero-order valence-corrected chi connectivity index (χ0v) is 11.2. The first kappa shape index (κ1) is 12.7. The van der Waals surface area contributed by atoms with Crippen molar-refractivity contribution in [2.45, 2.75) is 38.1 Å². The lowest BCUT2D eigenvalue weighted by atomic mass is 9.91. The highest BCUT2D eigenvalue weighted by molar-refractivity contribution is 5.76. The predicted octanol–water partition coefficient (Wildman–Crippen LogP) is 2.86. The van der Waals surface area contributed by atoms with Crippen molar-refractivity contribution in [1.82, 2.24) is 4.90 Å². The summed E-state index contributed by atoms with van der Waals surface area (Å²) in [6.45, 7) is 1.83. The van der Waals surface area contributed by atoms with Gasteiger partial charge in [-0.3, -0.25) is 9.69 Å². The van der Waals surface area contributed by atoms with Crippen LogP contribution >= 0.6 is 0 Å². The van der Waals surface area contributed by atoms with E-state index in [2.05, 4.69) is 11.0 Å². The number of rotatable bonds is 3. The van der Waals surface area contributed by atoms with Crippen molar-refractivity contribution in [2.75, 3.05) is 13.1 Å². The fourth-order valence-electron chi connectivity index (χ4n) is 3.63. The fourth-order valence-corrected chi connectivity index (χ4v) is 3.63. The van der Waals surface area contributed by atoms with Gasteiger partial charge >= 0.3 is 5.97 Å². The standard InChI is InChI=1S/C16H21NO2/c18-16(19)15-14-8-4-3-7-13(14)9-10-17(15)11-12-5-1-2-6-12/h3-4,7-8,12,15H,1-2,5-6,9-11H2,(H,18,19). The molecule has 0 amide bonds. The molecular formula is C16H21NO2. The summed E-state index contributed by atoms with van der Waals surface area (Å²) >= 11 is 0. The lowest BCUT2D eigenvalue weighted by Crippen LogP contribution is -2.41. The number of carboxylic acids is 1. The third-order valence-corrected chi connectivity index (χ3v) is 4.58. The second-order valence-electron chi connectivity index (χ2n) is 5.84. The number of carboxylic acid groups (broad SMARTS) is 1. The second-order valence-corrected chi connectivity index (χ2v) is 5.84. The van der Waals surface area contributed by atoms with Crippen LogP contribution in [0.15, 0.2) is 24.3 Å². The van der Waals surface area contributed by atoms with Gasteiger partial charge in [-0.2, -0.15) is 0 Å². The smallest absolute Gasteiger partial charge is 0.325 e. The van der Waals surface area contributed by atoms with Gasteiger partial charge in [0.1, 0.15) is 6.04 Å². The molecular weight excluding hydrogens is 238 g/mol. The Morgan fingerprint density at radius 1 is 1.26 bits per heavy atom. The van der Waals surface area contributed by atoms with Crippen molar-refractivity contribution in [3.05, 3.63) is 35.4 Å². The molecule has 19 heavy (non-hydrogen) atoms. The van der Waals surface area contributed by atoms with Crippen molar-refractivity contribution in [2.24, 2.45) is 5.92 Å². The molecule has 1 saturated carbocycles. The molecule has 3 heteroatoms. The molecule has 3 rings (SSSR count). The summed E-state index contributed by atoms with van der Waals surface area (Å²) in [5, 5.41) is 9.59. The summed E-state index contributed by atoms with van der Waals surface area (Å²) in [7, 11) is 0. The Morgan fingerprint density at radius 3 is 2.74 bits per heavy atom. The Labute approximate surface area is 114 Å². The molecule has 1 N–H and O–H groups in total. The third kappa shape index (κ3) is 2.52. The summed E-state index contributed by atoms with van der Waals surface area (Å²) in [5.41, 5.74) is 2.21. The van der Waals surface area contributed by atoms with Gasteiger partial charge in [-0.25, -0.2) is 0 Å². The maximum Gasteiger partial charge on any atom is 0.325 e. The summed E-state index contributed by atoms with van der Waals surface area (Å²) in [6.07, 6.45) is 6.14. The molecule has 1 fully saturated rings. The zero-order valence-electron chi connectivity index (χ0n) is 11.2. The first-order valence-corrected chi connectivity index (χ1v) is 7.30. The maximum atomic E-state index is 11.7. The summed E-state index contributed by atoms with van der Waals surface area (Å²) in [6, 6.07) is 7.57. The van der Waals surface area contributed by atoms with Gasteiger partial charge in [0.25, 0.3) is 0 Å². The van der Waals surface area contributed by atoms with Gasteiger partial charge in [0.05, 0.1) is 0 Å². The summed E-state index contributed by atoms with van der Waals surface area (Å²) < 4.78 is 0. The molecule has 1 unspecified atom stereocenters. The van der Waals surface area contributed by atoms with Crippen molar-refractivity contribution < 1.29 is 9.90 Å². The highest BCUT2D eigenvalue weighted by Crippen LogP contribution is 2.33. The van der Waals surface area contributed by atoms with E-state index >= 15 is 0 Å². The second kappa shape index (κ2) is 5.33. The maximum absolute atomic E-state index is 11.7. The van der Waals surface area contributed by atoms with Crippen LogP contribution in [0.1, 0.15) is 42.9 Å². The SMILES string of the molecule is O=C(O)C1c2ccccc2CCN1CC1CCCC1. The van der Waals surface area contributed by atoms with E-state index in [9.17, 15) is 9.90 Å². The largest absolute Gasteiger partial charge is 0.480 e. The first-order chi connectivity index (χ1) is 9.25. The Morgan fingerprint density at radius 2 is 2.00 bits per heavy atom. The monoisotopic (exact) mass is 259 g/mol. The van der Waals surface area contributed by atoms with Crippen molar-refractivity contribution in [1.29, 1.82) is 0 Å². The number of hydrogen-bond donors (Lipinski definition) is 1. The number of benzene rings is 1. The van der Waals surface area contributed by atoms with E-state index in [1.807, 2.05) is 18.2 Å². The molecule has 1 aliphatic carbocycles. The quantitative estimate of drug-likeness (QED) is 0.907.